The predicted molar refractivity (Wildman–Crippen MR) is 112 cm³/mol. The first-order chi connectivity index (χ1) is 13.3. The minimum absolute atomic E-state index is 0.520. The van der Waals surface area contributed by atoms with Gasteiger partial charge in [-0.2, -0.15) is 0 Å². The van der Waals surface area contributed by atoms with Crippen LogP contribution in [0.2, 0.25) is 0 Å². The van der Waals surface area contributed by atoms with Gasteiger partial charge in [0.15, 0.2) is 11.5 Å². The third-order valence-electron chi connectivity index (χ3n) is 4.62. The van der Waals surface area contributed by atoms with E-state index in [0.717, 1.165) is 42.1 Å². The van der Waals surface area contributed by atoms with E-state index < -0.39 is 0 Å². The van der Waals surface area contributed by atoms with Gasteiger partial charge in [0.05, 0.1) is 12.8 Å². The Balaban J connectivity index is 1.67. The van der Waals surface area contributed by atoms with Gasteiger partial charge in [0.25, 0.3) is 0 Å². The van der Waals surface area contributed by atoms with E-state index in [4.69, 9.17) is 9.47 Å². The van der Waals surface area contributed by atoms with Crippen molar-refractivity contribution < 1.29 is 9.47 Å². The van der Waals surface area contributed by atoms with Crippen LogP contribution >= 0.6 is 0 Å². The average Bonchev–Trinajstić information content (AvgIpc) is 2.73. The second-order valence-electron chi connectivity index (χ2n) is 6.59. The molecule has 0 saturated heterocycles. The van der Waals surface area contributed by atoms with Gasteiger partial charge in [0.2, 0.25) is 0 Å². The summed E-state index contributed by atoms with van der Waals surface area (Å²) in [6.45, 7) is 1.47. The molecule has 0 atom stereocenters. The zero-order valence-corrected chi connectivity index (χ0v) is 16.1. The lowest BCUT2D eigenvalue weighted by atomic mass is 10.1. The SMILES string of the molecule is COc1cccc(N(C)CCCc2ccccc2)c1OCc1ccccc1. The highest BCUT2D eigenvalue weighted by molar-refractivity contribution is 5.64. The summed E-state index contributed by atoms with van der Waals surface area (Å²) >= 11 is 0. The molecular weight excluding hydrogens is 334 g/mol. The maximum Gasteiger partial charge on any atom is 0.184 e. The summed E-state index contributed by atoms with van der Waals surface area (Å²) < 4.78 is 11.7. The summed E-state index contributed by atoms with van der Waals surface area (Å²) in [7, 11) is 3.79. The molecule has 3 heteroatoms. The lowest BCUT2D eigenvalue weighted by molar-refractivity contribution is 0.285. The van der Waals surface area contributed by atoms with E-state index in [2.05, 4.69) is 60.5 Å². The molecule has 0 unspecified atom stereocenters. The van der Waals surface area contributed by atoms with E-state index in [1.54, 1.807) is 7.11 Å². The lowest BCUT2D eigenvalue weighted by Gasteiger charge is -2.24. The molecule has 3 nitrogen and oxygen atoms in total. The summed E-state index contributed by atoms with van der Waals surface area (Å²) in [4.78, 5) is 2.24. The molecule has 0 radical (unpaired) electrons. The zero-order chi connectivity index (χ0) is 18.9. The molecule has 0 N–H and O–H groups in total. The number of methoxy groups -OCH3 is 1. The average molecular weight is 361 g/mol. The molecule has 0 fully saturated rings. The number of nitrogens with zero attached hydrogens (tertiary/aromatic N) is 1. The summed E-state index contributed by atoms with van der Waals surface area (Å²) in [5.74, 6) is 1.56. The largest absolute Gasteiger partial charge is 0.493 e. The van der Waals surface area contributed by atoms with Crippen molar-refractivity contribution in [3.63, 3.8) is 0 Å². The Morgan fingerprint density at radius 1 is 0.778 bits per heavy atom. The summed E-state index contributed by atoms with van der Waals surface area (Å²) in [6, 6.07) is 26.9. The fourth-order valence-electron chi connectivity index (χ4n) is 3.13. The van der Waals surface area contributed by atoms with E-state index in [1.807, 2.05) is 30.3 Å². The van der Waals surface area contributed by atoms with Crippen molar-refractivity contribution in [2.24, 2.45) is 0 Å². The predicted octanol–water partition coefficient (Wildman–Crippen LogP) is 5.34. The Morgan fingerprint density at radius 2 is 1.44 bits per heavy atom. The third-order valence-corrected chi connectivity index (χ3v) is 4.62. The van der Waals surface area contributed by atoms with Crippen molar-refractivity contribution in [3.05, 3.63) is 90.0 Å². The van der Waals surface area contributed by atoms with Crippen LogP contribution in [0.5, 0.6) is 11.5 Å². The summed E-state index contributed by atoms with van der Waals surface area (Å²) in [6.07, 6.45) is 2.14. The van der Waals surface area contributed by atoms with Crippen molar-refractivity contribution in [1.29, 1.82) is 0 Å². The molecule has 27 heavy (non-hydrogen) atoms. The first-order valence-electron chi connectivity index (χ1n) is 9.36. The van der Waals surface area contributed by atoms with Crippen LogP contribution in [0.3, 0.4) is 0 Å². The highest BCUT2D eigenvalue weighted by Gasteiger charge is 2.14. The van der Waals surface area contributed by atoms with E-state index in [-0.39, 0.29) is 0 Å². The maximum atomic E-state index is 6.16. The van der Waals surface area contributed by atoms with Crippen LogP contribution in [-0.2, 0) is 13.0 Å². The van der Waals surface area contributed by atoms with Crippen LogP contribution in [0.4, 0.5) is 5.69 Å². The highest BCUT2D eigenvalue weighted by Crippen LogP contribution is 2.37. The number of anilines is 1. The third kappa shape index (κ3) is 5.27. The fourth-order valence-corrected chi connectivity index (χ4v) is 3.13. The van der Waals surface area contributed by atoms with E-state index in [1.165, 1.54) is 5.56 Å². The summed E-state index contributed by atoms with van der Waals surface area (Å²) in [5.41, 5.74) is 3.57. The Hall–Kier alpha value is -2.94. The smallest absolute Gasteiger partial charge is 0.184 e. The van der Waals surface area contributed by atoms with Gasteiger partial charge in [0, 0.05) is 13.6 Å². The monoisotopic (exact) mass is 361 g/mol. The van der Waals surface area contributed by atoms with Crippen molar-refractivity contribution >= 4 is 5.69 Å². The zero-order valence-electron chi connectivity index (χ0n) is 16.1. The molecule has 0 aromatic heterocycles. The van der Waals surface area contributed by atoms with Crippen LogP contribution in [0, 0.1) is 0 Å². The first kappa shape index (κ1) is 18.8. The molecule has 3 rings (SSSR count). The van der Waals surface area contributed by atoms with Crippen molar-refractivity contribution in [3.8, 4) is 11.5 Å². The number of aryl methyl sites for hydroxylation is 1. The highest BCUT2D eigenvalue weighted by atomic mass is 16.5. The molecule has 140 valence electrons. The van der Waals surface area contributed by atoms with Gasteiger partial charge >= 0.3 is 0 Å². The molecule has 3 aromatic carbocycles. The molecule has 0 heterocycles. The number of benzene rings is 3. The van der Waals surface area contributed by atoms with Gasteiger partial charge in [-0.05, 0) is 36.1 Å². The van der Waals surface area contributed by atoms with Crippen LogP contribution < -0.4 is 14.4 Å². The van der Waals surface area contributed by atoms with E-state index in [9.17, 15) is 0 Å². The van der Waals surface area contributed by atoms with E-state index in [0.29, 0.717) is 6.61 Å². The quantitative estimate of drug-likeness (QED) is 0.513. The first-order valence-corrected chi connectivity index (χ1v) is 9.36. The van der Waals surface area contributed by atoms with Crippen LogP contribution in [0.15, 0.2) is 78.9 Å². The molecule has 3 aromatic rings. The van der Waals surface area contributed by atoms with Gasteiger partial charge in [-0.25, -0.2) is 0 Å². The maximum absolute atomic E-state index is 6.16. The van der Waals surface area contributed by atoms with Gasteiger partial charge in [0.1, 0.15) is 6.61 Å². The molecule has 0 aliphatic carbocycles. The minimum atomic E-state index is 0.520. The lowest BCUT2D eigenvalue weighted by Crippen LogP contribution is -2.20. The Bertz CT molecular complexity index is 818. The van der Waals surface area contributed by atoms with Crippen molar-refractivity contribution in [2.75, 3.05) is 25.6 Å². The topological polar surface area (TPSA) is 21.7 Å². The molecule has 0 aliphatic heterocycles. The number of para-hydroxylation sites is 1. The molecule has 0 saturated carbocycles. The molecular formula is C24H27NO2. The van der Waals surface area contributed by atoms with Crippen LogP contribution in [-0.4, -0.2) is 20.7 Å². The molecule has 0 spiro atoms. The Morgan fingerprint density at radius 3 is 2.11 bits per heavy atom. The Labute approximate surface area is 162 Å². The van der Waals surface area contributed by atoms with Crippen molar-refractivity contribution in [2.45, 2.75) is 19.4 Å². The number of ether oxygens (including phenoxy) is 2. The van der Waals surface area contributed by atoms with Crippen molar-refractivity contribution in [1.82, 2.24) is 0 Å². The minimum Gasteiger partial charge on any atom is -0.493 e. The molecule has 0 bridgehead atoms. The number of hydrogen-bond donors (Lipinski definition) is 0. The van der Waals surface area contributed by atoms with Gasteiger partial charge in [-0.3, -0.25) is 0 Å². The second-order valence-corrected chi connectivity index (χ2v) is 6.59. The second kappa shape index (κ2) is 9.67. The van der Waals surface area contributed by atoms with Gasteiger partial charge in [-0.15, -0.1) is 0 Å². The normalized spacial score (nSPS) is 10.4. The molecule has 0 aliphatic rings. The van der Waals surface area contributed by atoms with Gasteiger partial charge < -0.3 is 14.4 Å². The van der Waals surface area contributed by atoms with Crippen LogP contribution in [0.25, 0.3) is 0 Å². The van der Waals surface area contributed by atoms with E-state index >= 15 is 0 Å². The number of rotatable bonds is 9. The fraction of sp³-hybridized carbons (Fsp3) is 0.250. The standard InChI is InChI=1S/C24H27NO2/c1-25(18-10-15-20-11-5-3-6-12-20)22-16-9-17-23(26-2)24(22)27-19-21-13-7-4-8-14-21/h3-9,11-14,16-17H,10,15,18-19H2,1-2H3. The Kier molecular flexibility index (Phi) is 6.75. The van der Waals surface area contributed by atoms with Crippen LogP contribution in [0.1, 0.15) is 17.5 Å². The number of hydrogen-bond acceptors (Lipinski definition) is 3. The summed E-state index contributed by atoms with van der Waals surface area (Å²) in [5, 5.41) is 0. The van der Waals surface area contributed by atoms with Gasteiger partial charge in [-0.1, -0.05) is 66.7 Å². The molecule has 0 amide bonds.